The Labute approximate surface area is 146 Å². The monoisotopic (exact) mass is 295 g/mol. The van der Waals surface area contributed by atoms with E-state index in [0.29, 0.717) is 11.1 Å². The Morgan fingerprint density at radius 1 is 0.682 bits per heavy atom. The van der Waals surface area contributed by atoms with Gasteiger partial charge in [0, 0.05) is 0 Å². The van der Waals surface area contributed by atoms with E-state index in [0.717, 1.165) is 5.56 Å². The minimum Gasteiger partial charge on any atom is -0.0622 e. The molecule has 0 N–H and O–H groups in total. The number of hydrogen-bond acceptors (Lipinski definition) is 0. The van der Waals surface area contributed by atoms with Gasteiger partial charge in [-0.15, -0.1) is 0 Å². The van der Waals surface area contributed by atoms with Crippen LogP contribution < -0.4 is 0 Å². The Morgan fingerprint density at radius 2 is 1.23 bits per heavy atom. The molecular weight excluding hydrogens is 264 g/mol. The zero-order chi connectivity index (χ0) is 23.4. The Bertz CT molecular complexity index is 1070. The lowest BCUT2D eigenvalue weighted by atomic mass is 9.92. The molecule has 0 unspecified atom stereocenters. The molecule has 0 nitrogen and oxygen atoms in total. The highest BCUT2D eigenvalue weighted by atomic mass is 14.1. The lowest BCUT2D eigenvalue weighted by Gasteiger charge is -2.13. The molecule has 0 atom stereocenters. The Kier molecular flexibility index (Phi) is 2.05. The van der Waals surface area contributed by atoms with E-state index in [4.69, 9.17) is 12.3 Å². The standard InChI is InChI=1S/C22H22/c1-16(2)20-13-21(18-7-5-4-6-8-18)15-22(14-20)19-11-9-17(3)10-12-19/h4-16H,1-3H3/i4D,5D,6D,7D,8D,9D,10D,11D,12D. The first-order valence-corrected chi connectivity index (χ1v) is 7.18. The summed E-state index contributed by atoms with van der Waals surface area (Å²) in [7, 11) is 0. The molecule has 0 aliphatic rings. The van der Waals surface area contributed by atoms with Gasteiger partial charge in [-0.2, -0.15) is 0 Å². The normalized spacial score (nSPS) is 16.6. The van der Waals surface area contributed by atoms with Crippen molar-refractivity contribution in [2.24, 2.45) is 0 Å². The molecule has 0 aliphatic carbocycles. The molecule has 0 saturated carbocycles. The molecule has 22 heavy (non-hydrogen) atoms. The maximum atomic E-state index is 8.40. The second kappa shape index (κ2) is 6.19. The van der Waals surface area contributed by atoms with Gasteiger partial charge in [-0.25, -0.2) is 0 Å². The summed E-state index contributed by atoms with van der Waals surface area (Å²) in [5, 5.41) is 0. The van der Waals surface area contributed by atoms with Crippen molar-refractivity contribution in [1.29, 1.82) is 0 Å². The van der Waals surface area contributed by atoms with Crippen LogP contribution in [0.4, 0.5) is 0 Å². The van der Waals surface area contributed by atoms with Gasteiger partial charge in [-0.05, 0) is 46.7 Å². The number of benzene rings is 3. The summed E-state index contributed by atoms with van der Waals surface area (Å²) in [6, 6.07) is 2.46. The van der Waals surface area contributed by atoms with Crippen LogP contribution in [0.25, 0.3) is 22.3 Å². The lowest BCUT2D eigenvalue weighted by molar-refractivity contribution is 0.867. The lowest BCUT2D eigenvalue weighted by Crippen LogP contribution is -1.91. The van der Waals surface area contributed by atoms with Gasteiger partial charge in [0.25, 0.3) is 0 Å². The molecule has 0 radical (unpaired) electrons. The van der Waals surface area contributed by atoms with Gasteiger partial charge in [0.05, 0.1) is 12.3 Å². The second-order valence-corrected chi connectivity index (χ2v) is 5.50. The number of hydrogen-bond donors (Lipinski definition) is 0. The van der Waals surface area contributed by atoms with Crippen molar-refractivity contribution < 1.29 is 12.3 Å². The molecule has 0 saturated heterocycles. The summed E-state index contributed by atoms with van der Waals surface area (Å²) in [6.45, 7) is 5.41. The quantitative estimate of drug-likeness (QED) is 0.520. The van der Waals surface area contributed by atoms with Crippen LogP contribution in [0.2, 0.25) is 0 Å². The Balaban J connectivity index is 2.43. The molecule has 0 aromatic heterocycles. The highest BCUT2D eigenvalue weighted by molar-refractivity contribution is 5.74. The SMILES string of the molecule is [2H]c1c([2H])c([2H])c(-c2cc(-c3c([2H])c([2H])c(C)c([2H])c3[2H])cc(C(C)C)c2)c([2H])c1[2H]. The van der Waals surface area contributed by atoms with E-state index in [1.165, 1.54) is 6.92 Å². The van der Waals surface area contributed by atoms with E-state index in [1.807, 2.05) is 13.8 Å². The van der Waals surface area contributed by atoms with Gasteiger partial charge >= 0.3 is 0 Å². The summed E-state index contributed by atoms with van der Waals surface area (Å²) in [6.07, 6.45) is 0. The maximum Gasteiger partial charge on any atom is 0.0629 e. The topological polar surface area (TPSA) is 0 Å². The summed E-state index contributed by atoms with van der Waals surface area (Å²) in [5.74, 6) is 0.0169. The predicted octanol–water partition coefficient (Wildman–Crippen LogP) is 6.45. The van der Waals surface area contributed by atoms with Crippen molar-refractivity contribution in [3.8, 4) is 22.3 Å². The smallest absolute Gasteiger partial charge is 0.0622 e. The Morgan fingerprint density at radius 3 is 1.77 bits per heavy atom. The van der Waals surface area contributed by atoms with E-state index in [9.17, 15) is 0 Å². The van der Waals surface area contributed by atoms with Crippen LogP contribution in [0, 0.1) is 6.92 Å². The molecular formula is C22H22. The fourth-order valence-corrected chi connectivity index (χ4v) is 2.19. The van der Waals surface area contributed by atoms with Crippen LogP contribution in [0.3, 0.4) is 0 Å². The van der Waals surface area contributed by atoms with E-state index in [1.54, 1.807) is 18.2 Å². The molecule has 0 spiro atoms. The molecule has 0 amide bonds. The van der Waals surface area contributed by atoms with E-state index in [-0.39, 0.29) is 58.9 Å². The Hall–Kier alpha value is -2.34. The fourth-order valence-electron chi connectivity index (χ4n) is 2.19. The molecule has 110 valence electrons. The highest BCUT2D eigenvalue weighted by Crippen LogP contribution is 2.31. The van der Waals surface area contributed by atoms with Crippen molar-refractivity contribution >= 4 is 0 Å². The van der Waals surface area contributed by atoms with Gasteiger partial charge in [0.15, 0.2) is 0 Å². The second-order valence-electron chi connectivity index (χ2n) is 5.50. The van der Waals surface area contributed by atoms with Crippen molar-refractivity contribution in [3.63, 3.8) is 0 Å². The van der Waals surface area contributed by atoms with Crippen LogP contribution >= 0.6 is 0 Å². The summed E-state index contributed by atoms with van der Waals surface area (Å²) in [5.41, 5.74) is 1.98. The van der Waals surface area contributed by atoms with Gasteiger partial charge in [-0.1, -0.05) is 85.9 Å². The highest BCUT2D eigenvalue weighted by Gasteiger charge is 2.07. The van der Waals surface area contributed by atoms with Gasteiger partial charge < -0.3 is 0 Å². The predicted molar refractivity (Wildman–Crippen MR) is 96.1 cm³/mol. The largest absolute Gasteiger partial charge is 0.0629 e. The zero-order valence-electron chi connectivity index (χ0n) is 21.8. The third-order valence-electron chi connectivity index (χ3n) is 3.45. The summed E-state index contributed by atoms with van der Waals surface area (Å²) >= 11 is 0. The summed E-state index contributed by atoms with van der Waals surface area (Å²) in [4.78, 5) is 0. The fraction of sp³-hybridized carbons (Fsp3) is 0.182. The first-order valence-electron chi connectivity index (χ1n) is 11.7. The number of rotatable bonds is 3. The molecule has 0 heterocycles. The van der Waals surface area contributed by atoms with Crippen LogP contribution in [0.15, 0.2) is 72.6 Å². The van der Waals surface area contributed by atoms with E-state index >= 15 is 0 Å². The molecule has 3 rings (SSSR count). The third kappa shape index (κ3) is 3.12. The van der Waals surface area contributed by atoms with Gasteiger partial charge in [0.1, 0.15) is 0 Å². The molecule has 0 heteroatoms. The zero-order valence-corrected chi connectivity index (χ0v) is 12.8. The van der Waals surface area contributed by atoms with Crippen LogP contribution in [0.5, 0.6) is 0 Å². The first kappa shape index (κ1) is 7.28. The van der Waals surface area contributed by atoms with Crippen molar-refractivity contribution in [1.82, 2.24) is 0 Å². The van der Waals surface area contributed by atoms with Crippen LogP contribution in [-0.2, 0) is 0 Å². The van der Waals surface area contributed by atoms with E-state index < -0.39 is 18.1 Å². The average Bonchev–Trinajstić information content (AvgIpc) is 2.73. The third-order valence-corrected chi connectivity index (χ3v) is 3.45. The van der Waals surface area contributed by atoms with Crippen molar-refractivity contribution in [3.05, 3.63) is 83.7 Å². The first-order chi connectivity index (χ1) is 14.4. The molecule has 0 fully saturated rings. The van der Waals surface area contributed by atoms with Gasteiger partial charge in [-0.3, -0.25) is 0 Å². The van der Waals surface area contributed by atoms with E-state index in [2.05, 4.69) is 0 Å². The molecule has 3 aromatic rings. The van der Waals surface area contributed by atoms with Gasteiger partial charge in [0.2, 0.25) is 0 Å². The molecule has 0 aliphatic heterocycles. The van der Waals surface area contributed by atoms with Crippen molar-refractivity contribution in [2.45, 2.75) is 26.7 Å². The molecule has 3 aromatic carbocycles. The average molecular weight is 295 g/mol. The minimum absolute atomic E-state index is 0.0169. The van der Waals surface area contributed by atoms with Crippen LogP contribution in [0.1, 0.15) is 43.2 Å². The summed E-state index contributed by atoms with van der Waals surface area (Å²) < 4.78 is 73.5. The van der Waals surface area contributed by atoms with Crippen LogP contribution in [-0.4, -0.2) is 0 Å². The minimum atomic E-state index is -0.475. The van der Waals surface area contributed by atoms with Crippen molar-refractivity contribution in [2.75, 3.05) is 0 Å². The molecule has 0 bridgehead atoms. The maximum absolute atomic E-state index is 8.40.